The Morgan fingerprint density at radius 3 is 2.54 bits per heavy atom. The fourth-order valence-electron chi connectivity index (χ4n) is 14.3. The summed E-state index contributed by atoms with van der Waals surface area (Å²) in [6.45, 7) is 11.1. The van der Waals surface area contributed by atoms with Crippen molar-refractivity contribution in [2.24, 2.45) is 11.3 Å². The summed E-state index contributed by atoms with van der Waals surface area (Å²) in [5, 5.41) is 16.7. The summed E-state index contributed by atoms with van der Waals surface area (Å²) < 4.78 is 67.9. The molecule has 4 saturated heterocycles. The first kappa shape index (κ1) is 53.6. The minimum Gasteiger partial charge on any atom is -0.492 e. The van der Waals surface area contributed by atoms with Crippen molar-refractivity contribution in [3.63, 3.8) is 0 Å². The number of fused-ring (bicyclic) bond motifs is 5. The number of aromatic nitrogens is 3. The minimum absolute atomic E-state index is 0.0238. The highest BCUT2D eigenvalue weighted by Crippen LogP contribution is 2.54. The molecule has 10 heterocycles. The molecule has 0 unspecified atom stereocenters. The first-order valence-corrected chi connectivity index (χ1v) is 31.0. The third kappa shape index (κ3) is 10.2. The van der Waals surface area contributed by atoms with Crippen molar-refractivity contribution in [1.82, 2.24) is 24.6 Å². The molecule has 22 heteroatoms. The number of piperazine rings is 1. The van der Waals surface area contributed by atoms with Crippen LogP contribution in [0.4, 0.5) is 34.1 Å². The number of pyridine rings is 2. The number of nitro benzene ring substituents is 1. The number of H-pyrrole nitrogens is 1. The molecule has 1 aliphatic carbocycles. The Morgan fingerprint density at radius 2 is 1.71 bits per heavy atom. The molecular formula is C61H70N10O11S. The van der Waals surface area contributed by atoms with E-state index >= 15 is 0 Å². The Kier molecular flexibility index (Phi) is 14.0. The highest BCUT2D eigenvalue weighted by atomic mass is 32.2. The molecule has 1 spiro atoms. The smallest absolute Gasteiger partial charge is 0.297 e. The Balaban J connectivity index is 0.739. The first-order chi connectivity index (χ1) is 40.3. The molecule has 3 N–H and O–H groups in total. The quantitative estimate of drug-likeness (QED) is 0.0769. The summed E-state index contributed by atoms with van der Waals surface area (Å²) in [6, 6.07) is 22.4. The Labute approximate surface area is 482 Å². The number of aryl methyl sites for hydroxylation is 1. The van der Waals surface area contributed by atoms with Gasteiger partial charge in [0.2, 0.25) is 5.88 Å². The van der Waals surface area contributed by atoms with E-state index < -0.39 is 37.5 Å². The number of nitrogens with zero attached hydrogens (tertiary/aromatic N) is 7. The van der Waals surface area contributed by atoms with Gasteiger partial charge in [0.25, 0.3) is 21.6 Å². The highest BCUT2D eigenvalue weighted by Gasteiger charge is 2.51. The van der Waals surface area contributed by atoms with Crippen LogP contribution in [0, 0.1) is 21.4 Å². The summed E-state index contributed by atoms with van der Waals surface area (Å²) in [6.07, 6.45) is 11.6. The van der Waals surface area contributed by atoms with Crippen molar-refractivity contribution in [1.29, 1.82) is 0 Å². The topological polar surface area (TPSA) is 228 Å². The Bertz CT molecular complexity index is 3580. The van der Waals surface area contributed by atoms with Crippen molar-refractivity contribution in [3.8, 4) is 23.1 Å². The maximum atomic E-state index is 15.0. The lowest BCUT2D eigenvalue weighted by Crippen LogP contribution is -2.60. The van der Waals surface area contributed by atoms with Crippen LogP contribution in [0.5, 0.6) is 23.1 Å². The van der Waals surface area contributed by atoms with Crippen LogP contribution in [0.3, 0.4) is 0 Å². The number of ether oxygens (including phenoxy) is 6. The second kappa shape index (κ2) is 21.7. The predicted octanol–water partition coefficient (Wildman–Crippen LogP) is 8.70. The molecular weight excluding hydrogens is 1080 g/mol. The standard InChI is InChI=1S/C61H70N10O11S/c1-37(2)81-53-8-4-3-6-44(53)52-34-68(41-28-54-46(63-33-41)7-5-22-79-54)20-21-69(52)42-31-61(32-42)15-18-67(19-16-61)40-9-10-45(49(27-40)70-48-14-25-78-36-56(48)82-60-51(70)26-39-11-17-62-58(39)65-60)59(72)66-83(75,76)43-29-50(71(73)74)57-55(30-43)80-35-47(64-57)38-12-23-77-24-13-38/h3-4,6,8-11,17,26-30,33,37-38,42,47-48,52,56,64H,5,7,12-16,18-25,31-32,34-36H2,1-2H3,(H,62,65)(H,66,72)/t47-,48-,52-,56-/m0/s1. The van der Waals surface area contributed by atoms with Crippen LogP contribution in [0.1, 0.15) is 92.9 Å². The molecule has 5 fully saturated rings. The largest absolute Gasteiger partial charge is 0.492 e. The van der Waals surface area contributed by atoms with Crippen molar-refractivity contribution in [2.75, 3.05) is 92.4 Å². The molecule has 4 atom stereocenters. The number of amides is 1. The number of nitro groups is 1. The van der Waals surface area contributed by atoms with E-state index in [9.17, 15) is 23.3 Å². The second-order valence-corrected chi connectivity index (χ2v) is 25.6. The fourth-order valence-corrected chi connectivity index (χ4v) is 15.3. The Hall–Kier alpha value is -7.40. The van der Waals surface area contributed by atoms with E-state index in [4.69, 9.17) is 38.4 Å². The number of benzene rings is 3. The number of carbonyl (C=O) groups excluding carboxylic acids is 1. The van der Waals surface area contributed by atoms with E-state index in [0.717, 1.165) is 131 Å². The maximum Gasteiger partial charge on any atom is 0.297 e. The molecule has 7 aliphatic heterocycles. The number of hydrogen-bond acceptors (Lipinski definition) is 18. The van der Waals surface area contributed by atoms with Crippen LogP contribution in [0.2, 0.25) is 0 Å². The lowest BCUT2D eigenvalue weighted by atomic mass is 9.59. The summed E-state index contributed by atoms with van der Waals surface area (Å²) in [5.41, 5.74) is 5.86. The lowest BCUT2D eigenvalue weighted by Gasteiger charge is -2.58. The van der Waals surface area contributed by atoms with Gasteiger partial charge in [-0.05, 0) is 119 Å². The number of para-hydroxylation sites is 1. The van der Waals surface area contributed by atoms with Crippen LogP contribution in [0.15, 0.2) is 90.1 Å². The molecule has 21 nitrogen and oxygen atoms in total. The molecule has 3 aromatic heterocycles. The summed E-state index contributed by atoms with van der Waals surface area (Å²) in [4.78, 5) is 49.0. The van der Waals surface area contributed by atoms with Gasteiger partial charge in [0, 0.05) is 99.6 Å². The molecule has 0 radical (unpaired) electrons. The minimum atomic E-state index is -4.72. The van der Waals surface area contributed by atoms with Gasteiger partial charge in [0.05, 0.1) is 76.1 Å². The first-order valence-electron chi connectivity index (χ1n) is 29.5. The molecule has 8 aliphatic rings. The van der Waals surface area contributed by atoms with Crippen LogP contribution in [-0.2, 0) is 25.9 Å². The number of piperidine rings is 1. The van der Waals surface area contributed by atoms with Crippen LogP contribution in [-0.4, -0.2) is 142 Å². The van der Waals surface area contributed by atoms with Crippen molar-refractivity contribution < 1.29 is 46.6 Å². The van der Waals surface area contributed by atoms with Gasteiger partial charge in [0.15, 0.2) is 11.4 Å². The average Bonchev–Trinajstić information content (AvgIpc) is 3.80. The van der Waals surface area contributed by atoms with Crippen LogP contribution >= 0.6 is 0 Å². The van der Waals surface area contributed by atoms with Gasteiger partial charge in [-0.15, -0.1) is 0 Å². The van der Waals surface area contributed by atoms with E-state index in [1.165, 1.54) is 11.6 Å². The van der Waals surface area contributed by atoms with Gasteiger partial charge in [-0.1, -0.05) is 18.2 Å². The van der Waals surface area contributed by atoms with E-state index in [0.29, 0.717) is 55.2 Å². The van der Waals surface area contributed by atoms with Crippen LogP contribution in [0.25, 0.3) is 11.0 Å². The third-order valence-electron chi connectivity index (χ3n) is 18.6. The van der Waals surface area contributed by atoms with Gasteiger partial charge >= 0.3 is 0 Å². The molecule has 6 aromatic rings. The average molecular weight is 1150 g/mol. The lowest BCUT2D eigenvalue weighted by molar-refractivity contribution is -0.384. The van der Waals surface area contributed by atoms with Crippen LogP contribution < -0.4 is 43.7 Å². The molecule has 3 aromatic carbocycles. The summed E-state index contributed by atoms with van der Waals surface area (Å²) >= 11 is 0. The number of nitrogens with one attached hydrogen (secondary N) is 3. The number of aromatic amines is 1. The van der Waals surface area contributed by atoms with Gasteiger partial charge in [-0.2, -0.15) is 4.98 Å². The van der Waals surface area contributed by atoms with E-state index in [1.807, 2.05) is 36.7 Å². The number of sulfonamides is 1. The molecule has 14 rings (SSSR count). The molecule has 1 saturated carbocycles. The van der Waals surface area contributed by atoms with Gasteiger partial charge < -0.3 is 53.4 Å². The SMILES string of the molecule is CC(C)Oc1ccccc1[C@@H]1CN(c2cnc3c(c2)OCCC3)CCN1C1CC2(CCN(c3ccc(C(=O)NS(=O)(=O)c4cc5c(c([N+](=O)[O-])c4)N[C@H](C4CCOCC4)CO5)c(N4c5cc6cc[nH]c6nc5O[C@H]5COCC[C@@H]54)c3)CC2)C1. The zero-order valence-corrected chi connectivity index (χ0v) is 47.6. The van der Waals surface area contributed by atoms with E-state index in [1.54, 1.807) is 6.07 Å². The zero-order chi connectivity index (χ0) is 56.6. The van der Waals surface area contributed by atoms with Crippen molar-refractivity contribution in [3.05, 3.63) is 112 Å². The molecule has 1 amide bonds. The predicted molar refractivity (Wildman–Crippen MR) is 311 cm³/mol. The molecule has 83 heavy (non-hydrogen) atoms. The number of carbonyl (C=O) groups is 1. The maximum absolute atomic E-state index is 15.0. The highest BCUT2D eigenvalue weighted by molar-refractivity contribution is 7.90. The monoisotopic (exact) mass is 1150 g/mol. The van der Waals surface area contributed by atoms with E-state index in [-0.39, 0.29) is 65.8 Å². The Morgan fingerprint density at radius 1 is 0.880 bits per heavy atom. The van der Waals surface area contributed by atoms with Crippen molar-refractivity contribution >= 4 is 61.1 Å². The third-order valence-corrected chi connectivity index (χ3v) is 19.9. The fraction of sp³-hybridized carbons (Fsp3) is 0.492. The normalized spacial score (nSPS) is 23.6. The number of rotatable bonds is 12. The van der Waals surface area contributed by atoms with Gasteiger partial charge in [-0.3, -0.25) is 24.8 Å². The zero-order valence-electron chi connectivity index (χ0n) is 46.8. The van der Waals surface area contributed by atoms with Gasteiger partial charge in [0.1, 0.15) is 35.5 Å². The van der Waals surface area contributed by atoms with Gasteiger partial charge in [-0.25, -0.2) is 13.1 Å². The van der Waals surface area contributed by atoms with E-state index in [2.05, 4.69) is 78.8 Å². The summed E-state index contributed by atoms with van der Waals surface area (Å²) in [5.74, 6) is 1.46. The second-order valence-electron chi connectivity index (χ2n) is 23.9. The molecule has 0 bridgehead atoms. The van der Waals surface area contributed by atoms with Crippen molar-refractivity contribution in [2.45, 2.75) is 113 Å². The molecule has 436 valence electrons. The number of hydrogen-bond donors (Lipinski definition) is 3. The number of anilines is 5. The summed E-state index contributed by atoms with van der Waals surface area (Å²) in [7, 11) is -4.72.